The summed E-state index contributed by atoms with van der Waals surface area (Å²) in [5.41, 5.74) is 0. The van der Waals surface area contributed by atoms with Gasteiger partial charge in [-0.15, -0.1) is 11.8 Å². The Hall–Kier alpha value is -1.50. The minimum atomic E-state index is -0.195. The number of hydrogen-bond donors (Lipinski definition) is 0. The summed E-state index contributed by atoms with van der Waals surface area (Å²) in [5, 5.41) is 0. The maximum absolute atomic E-state index is 12.3. The van der Waals surface area contributed by atoms with Gasteiger partial charge in [0.1, 0.15) is 6.04 Å². The molecule has 4 heteroatoms. The topological polar surface area (TPSA) is 40.6 Å². The molecule has 92 valence electrons. The predicted molar refractivity (Wildman–Crippen MR) is 64.0 cm³/mol. The Morgan fingerprint density at radius 3 is 2.94 bits per heavy atom. The third-order valence-electron chi connectivity index (χ3n) is 3.45. The molecule has 1 atom stereocenters. The maximum atomic E-state index is 12.3. The first kappa shape index (κ1) is 12.0. The highest BCUT2D eigenvalue weighted by Crippen LogP contribution is 2.23. The number of rotatable bonds is 2. The smallest absolute Gasteiger partial charge is 0.245 e. The van der Waals surface area contributed by atoms with E-state index in [1.165, 1.54) is 0 Å². The minimum absolute atomic E-state index is 0.117. The van der Waals surface area contributed by atoms with Crippen LogP contribution in [-0.4, -0.2) is 47.3 Å². The SMILES string of the molecule is CC#CCCN1CCC(=O)N2CCCC2C1=O. The first-order valence-electron chi connectivity index (χ1n) is 6.22. The van der Waals surface area contributed by atoms with E-state index < -0.39 is 0 Å². The van der Waals surface area contributed by atoms with Crippen molar-refractivity contribution in [2.45, 2.75) is 38.6 Å². The molecule has 0 bridgehead atoms. The van der Waals surface area contributed by atoms with Crippen LogP contribution >= 0.6 is 0 Å². The highest BCUT2D eigenvalue weighted by molar-refractivity contribution is 5.90. The first-order valence-corrected chi connectivity index (χ1v) is 6.22. The lowest BCUT2D eigenvalue weighted by molar-refractivity contribution is -0.139. The van der Waals surface area contributed by atoms with Crippen LogP contribution in [0.4, 0.5) is 0 Å². The molecule has 0 spiro atoms. The average Bonchev–Trinajstić information content (AvgIpc) is 2.77. The Kier molecular flexibility index (Phi) is 3.68. The van der Waals surface area contributed by atoms with Crippen molar-refractivity contribution in [3.05, 3.63) is 0 Å². The Labute approximate surface area is 102 Å². The number of carbonyl (C=O) groups is 2. The molecule has 0 aromatic rings. The molecule has 2 aliphatic heterocycles. The normalized spacial score (nSPS) is 24.2. The summed E-state index contributed by atoms with van der Waals surface area (Å²) in [5.74, 6) is 6.04. The highest BCUT2D eigenvalue weighted by atomic mass is 16.2. The molecule has 4 nitrogen and oxygen atoms in total. The highest BCUT2D eigenvalue weighted by Gasteiger charge is 2.38. The summed E-state index contributed by atoms with van der Waals surface area (Å²) >= 11 is 0. The van der Waals surface area contributed by atoms with Crippen molar-refractivity contribution in [2.24, 2.45) is 0 Å². The van der Waals surface area contributed by atoms with Gasteiger partial charge >= 0.3 is 0 Å². The summed E-state index contributed by atoms with van der Waals surface area (Å²) < 4.78 is 0. The van der Waals surface area contributed by atoms with Crippen molar-refractivity contribution in [1.29, 1.82) is 0 Å². The van der Waals surface area contributed by atoms with E-state index in [9.17, 15) is 9.59 Å². The van der Waals surface area contributed by atoms with E-state index in [0.717, 1.165) is 19.4 Å². The van der Waals surface area contributed by atoms with E-state index in [1.807, 2.05) is 0 Å². The van der Waals surface area contributed by atoms with Crippen LogP contribution in [0.15, 0.2) is 0 Å². The fraction of sp³-hybridized carbons (Fsp3) is 0.692. The predicted octanol–water partition coefficient (Wildman–Crippen LogP) is 0.623. The number of carbonyl (C=O) groups excluding carboxylic acids is 2. The summed E-state index contributed by atoms with van der Waals surface area (Å²) in [4.78, 5) is 27.6. The molecule has 2 aliphatic rings. The quantitative estimate of drug-likeness (QED) is 0.657. The molecule has 2 saturated heterocycles. The van der Waals surface area contributed by atoms with Gasteiger partial charge in [0.15, 0.2) is 0 Å². The van der Waals surface area contributed by atoms with Gasteiger partial charge < -0.3 is 9.80 Å². The van der Waals surface area contributed by atoms with Crippen molar-refractivity contribution in [3.63, 3.8) is 0 Å². The molecule has 17 heavy (non-hydrogen) atoms. The molecule has 2 heterocycles. The monoisotopic (exact) mass is 234 g/mol. The second-order valence-electron chi connectivity index (χ2n) is 4.50. The van der Waals surface area contributed by atoms with Gasteiger partial charge in [-0.2, -0.15) is 0 Å². The summed E-state index contributed by atoms with van der Waals surface area (Å²) in [6, 6.07) is -0.195. The molecule has 2 fully saturated rings. The zero-order valence-corrected chi connectivity index (χ0v) is 10.2. The van der Waals surface area contributed by atoms with Crippen LogP contribution in [0.1, 0.15) is 32.6 Å². The summed E-state index contributed by atoms with van der Waals surface area (Å²) in [6.45, 7) is 3.75. The summed E-state index contributed by atoms with van der Waals surface area (Å²) in [7, 11) is 0. The molecule has 0 radical (unpaired) electrons. The zero-order valence-electron chi connectivity index (χ0n) is 10.2. The van der Waals surface area contributed by atoms with Crippen LogP contribution < -0.4 is 0 Å². The third kappa shape index (κ3) is 2.44. The van der Waals surface area contributed by atoms with Crippen molar-refractivity contribution in [2.75, 3.05) is 19.6 Å². The maximum Gasteiger partial charge on any atom is 0.245 e. The lowest BCUT2D eigenvalue weighted by Crippen LogP contribution is -2.43. The van der Waals surface area contributed by atoms with Crippen molar-refractivity contribution >= 4 is 11.8 Å². The molecule has 1 unspecified atom stereocenters. The number of amides is 2. The van der Waals surface area contributed by atoms with Gasteiger partial charge in [-0.05, 0) is 19.8 Å². The van der Waals surface area contributed by atoms with Gasteiger partial charge in [-0.1, -0.05) is 0 Å². The Balaban J connectivity index is 2.05. The number of fused-ring (bicyclic) bond motifs is 1. The molecule has 2 amide bonds. The van der Waals surface area contributed by atoms with Gasteiger partial charge in [0.25, 0.3) is 0 Å². The van der Waals surface area contributed by atoms with Crippen molar-refractivity contribution < 1.29 is 9.59 Å². The number of hydrogen-bond acceptors (Lipinski definition) is 2. The Bertz CT molecular complexity index is 381. The van der Waals surface area contributed by atoms with Crippen LogP contribution in [0, 0.1) is 11.8 Å². The van der Waals surface area contributed by atoms with Crippen molar-refractivity contribution in [3.8, 4) is 11.8 Å². The lowest BCUT2D eigenvalue weighted by atomic mass is 10.2. The molecule has 0 aromatic heterocycles. The fourth-order valence-corrected chi connectivity index (χ4v) is 2.55. The molecular weight excluding hydrogens is 216 g/mol. The standard InChI is InChI=1S/C13H18N2O2/c1-2-3-4-8-14-10-7-12(16)15-9-5-6-11(15)13(14)17/h11H,4-10H2,1H3. The largest absolute Gasteiger partial charge is 0.339 e. The molecule has 0 N–H and O–H groups in total. The van der Waals surface area contributed by atoms with Crippen molar-refractivity contribution in [1.82, 2.24) is 9.80 Å². The van der Waals surface area contributed by atoms with Gasteiger partial charge in [0, 0.05) is 32.5 Å². The van der Waals surface area contributed by atoms with Crippen LogP contribution in [0.2, 0.25) is 0 Å². The second-order valence-corrected chi connectivity index (χ2v) is 4.50. The Morgan fingerprint density at radius 1 is 1.35 bits per heavy atom. The number of nitrogens with zero attached hydrogens (tertiary/aromatic N) is 2. The van der Waals surface area contributed by atoms with Crippen LogP contribution in [0.25, 0.3) is 0 Å². The third-order valence-corrected chi connectivity index (χ3v) is 3.45. The molecule has 0 aromatic carbocycles. The first-order chi connectivity index (χ1) is 8.24. The van der Waals surface area contributed by atoms with E-state index in [0.29, 0.717) is 25.9 Å². The van der Waals surface area contributed by atoms with Gasteiger partial charge in [0.05, 0.1) is 0 Å². The average molecular weight is 234 g/mol. The van der Waals surface area contributed by atoms with Gasteiger partial charge in [0.2, 0.25) is 11.8 Å². The molecule has 2 rings (SSSR count). The zero-order chi connectivity index (χ0) is 12.3. The summed E-state index contributed by atoms with van der Waals surface area (Å²) in [6.07, 6.45) is 2.93. The van der Waals surface area contributed by atoms with Gasteiger partial charge in [-0.3, -0.25) is 9.59 Å². The van der Waals surface area contributed by atoms with E-state index in [2.05, 4.69) is 11.8 Å². The molecular formula is C13H18N2O2. The fourth-order valence-electron chi connectivity index (χ4n) is 2.55. The lowest BCUT2D eigenvalue weighted by Gasteiger charge is -2.24. The van der Waals surface area contributed by atoms with E-state index in [1.54, 1.807) is 16.7 Å². The van der Waals surface area contributed by atoms with E-state index in [4.69, 9.17) is 0 Å². The minimum Gasteiger partial charge on any atom is -0.339 e. The Morgan fingerprint density at radius 2 is 2.18 bits per heavy atom. The van der Waals surface area contributed by atoms with E-state index >= 15 is 0 Å². The van der Waals surface area contributed by atoms with Gasteiger partial charge in [-0.25, -0.2) is 0 Å². The second kappa shape index (κ2) is 5.22. The molecule has 0 saturated carbocycles. The molecule has 0 aliphatic carbocycles. The van der Waals surface area contributed by atoms with Crippen LogP contribution in [-0.2, 0) is 9.59 Å². The van der Waals surface area contributed by atoms with Crippen LogP contribution in [0.5, 0.6) is 0 Å². The van der Waals surface area contributed by atoms with Crippen LogP contribution in [0.3, 0.4) is 0 Å². The van der Waals surface area contributed by atoms with E-state index in [-0.39, 0.29) is 17.9 Å².